The normalized spacial score (nSPS) is 16.3. The average molecular weight is 366 g/mol. The minimum atomic E-state index is -0.522. The maximum Gasteiger partial charge on any atom is 0.339 e. The SMILES string of the molecule is CCc1ccc(N2C[C@@H](C(=O)Nc3ccccc3C(=O)OC)CC2=O)cc1. The van der Waals surface area contributed by atoms with Gasteiger partial charge in [0.05, 0.1) is 24.3 Å². The first-order valence-corrected chi connectivity index (χ1v) is 8.91. The van der Waals surface area contributed by atoms with E-state index in [1.165, 1.54) is 12.7 Å². The van der Waals surface area contributed by atoms with Gasteiger partial charge in [-0.1, -0.05) is 31.2 Å². The van der Waals surface area contributed by atoms with Crippen molar-refractivity contribution in [3.05, 3.63) is 59.7 Å². The van der Waals surface area contributed by atoms with Gasteiger partial charge in [-0.2, -0.15) is 0 Å². The number of anilines is 2. The van der Waals surface area contributed by atoms with Crippen LogP contribution in [0.25, 0.3) is 0 Å². The maximum atomic E-state index is 12.7. The highest BCUT2D eigenvalue weighted by atomic mass is 16.5. The molecule has 140 valence electrons. The lowest BCUT2D eigenvalue weighted by Crippen LogP contribution is -2.28. The van der Waals surface area contributed by atoms with E-state index >= 15 is 0 Å². The second-order valence-electron chi connectivity index (χ2n) is 6.45. The molecule has 1 atom stereocenters. The summed E-state index contributed by atoms with van der Waals surface area (Å²) in [6.07, 6.45) is 1.07. The van der Waals surface area contributed by atoms with Crippen molar-refractivity contribution in [3.8, 4) is 0 Å². The monoisotopic (exact) mass is 366 g/mol. The number of carbonyl (C=O) groups excluding carboxylic acids is 3. The van der Waals surface area contributed by atoms with Gasteiger partial charge >= 0.3 is 5.97 Å². The summed E-state index contributed by atoms with van der Waals surface area (Å²) in [7, 11) is 1.29. The van der Waals surface area contributed by atoms with Gasteiger partial charge in [-0.15, -0.1) is 0 Å². The first-order chi connectivity index (χ1) is 13.0. The zero-order valence-electron chi connectivity index (χ0n) is 15.4. The van der Waals surface area contributed by atoms with Crippen LogP contribution in [0.4, 0.5) is 11.4 Å². The molecule has 2 aromatic carbocycles. The zero-order chi connectivity index (χ0) is 19.4. The van der Waals surface area contributed by atoms with Crippen LogP contribution >= 0.6 is 0 Å². The largest absolute Gasteiger partial charge is 0.465 e. The number of para-hydroxylation sites is 1. The molecule has 2 aromatic rings. The number of ether oxygens (including phenoxy) is 1. The smallest absolute Gasteiger partial charge is 0.339 e. The van der Waals surface area contributed by atoms with Crippen LogP contribution < -0.4 is 10.2 Å². The van der Waals surface area contributed by atoms with Gasteiger partial charge in [0.2, 0.25) is 11.8 Å². The van der Waals surface area contributed by atoms with Crippen molar-refractivity contribution >= 4 is 29.2 Å². The number of methoxy groups -OCH3 is 1. The quantitative estimate of drug-likeness (QED) is 0.826. The number of hydrogen-bond acceptors (Lipinski definition) is 4. The van der Waals surface area contributed by atoms with Crippen molar-refractivity contribution < 1.29 is 19.1 Å². The van der Waals surface area contributed by atoms with Crippen LogP contribution in [0.5, 0.6) is 0 Å². The Kier molecular flexibility index (Phi) is 5.54. The summed E-state index contributed by atoms with van der Waals surface area (Å²) in [5.74, 6) is -1.37. The van der Waals surface area contributed by atoms with Gasteiger partial charge in [0.1, 0.15) is 0 Å². The third-order valence-corrected chi connectivity index (χ3v) is 4.74. The third-order valence-electron chi connectivity index (χ3n) is 4.74. The Balaban J connectivity index is 1.72. The second-order valence-corrected chi connectivity index (χ2v) is 6.45. The van der Waals surface area contributed by atoms with Crippen LogP contribution in [0.2, 0.25) is 0 Å². The van der Waals surface area contributed by atoms with E-state index in [1.54, 1.807) is 29.2 Å². The van der Waals surface area contributed by atoms with Gasteiger partial charge in [0.25, 0.3) is 0 Å². The molecule has 6 nitrogen and oxygen atoms in total. The number of rotatable bonds is 5. The minimum absolute atomic E-state index is 0.0827. The van der Waals surface area contributed by atoms with E-state index in [4.69, 9.17) is 4.74 Å². The highest BCUT2D eigenvalue weighted by Gasteiger charge is 2.35. The molecule has 0 aromatic heterocycles. The molecule has 0 aliphatic carbocycles. The zero-order valence-corrected chi connectivity index (χ0v) is 15.4. The Hall–Kier alpha value is -3.15. The fourth-order valence-corrected chi connectivity index (χ4v) is 3.16. The first kappa shape index (κ1) is 18.6. The average Bonchev–Trinajstić information content (AvgIpc) is 3.09. The molecule has 1 aliphatic heterocycles. The number of aryl methyl sites for hydroxylation is 1. The Morgan fingerprint density at radius 1 is 1.15 bits per heavy atom. The van der Waals surface area contributed by atoms with Crippen molar-refractivity contribution in [3.63, 3.8) is 0 Å². The molecular weight excluding hydrogens is 344 g/mol. The van der Waals surface area contributed by atoms with Crippen LogP contribution in [0, 0.1) is 5.92 Å². The van der Waals surface area contributed by atoms with Crippen LogP contribution in [-0.2, 0) is 20.7 Å². The molecule has 1 heterocycles. The molecule has 0 saturated carbocycles. The van der Waals surface area contributed by atoms with Gasteiger partial charge in [-0.25, -0.2) is 4.79 Å². The van der Waals surface area contributed by atoms with Crippen molar-refractivity contribution in [2.45, 2.75) is 19.8 Å². The Morgan fingerprint density at radius 2 is 1.85 bits per heavy atom. The van der Waals surface area contributed by atoms with Gasteiger partial charge in [-0.3, -0.25) is 9.59 Å². The van der Waals surface area contributed by atoms with Crippen molar-refractivity contribution in [1.29, 1.82) is 0 Å². The molecule has 2 amide bonds. The van der Waals surface area contributed by atoms with Crippen LogP contribution in [0.1, 0.15) is 29.3 Å². The van der Waals surface area contributed by atoms with E-state index in [2.05, 4.69) is 12.2 Å². The summed E-state index contributed by atoms with van der Waals surface area (Å²) in [6, 6.07) is 14.4. The topological polar surface area (TPSA) is 75.7 Å². The van der Waals surface area contributed by atoms with Crippen molar-refractivity contribution in [2.24, 2.45) is 5.92 Å². The lowest BCUT2D eigenvalue weighted by Gasteiger charge is -2.17. The van der Waals surface area contributed by atoms with E-state index in [0.717, 1.165) is 12.1 Å². The van der Waals surface area contributed by atoms with Crippen LogP contribution in [0.15, 0.2) is 48.5 Å². The summed E-state index contributed by atoms with van der Waals surface area (Å²) in [5.41, 5.74) is 2.65. The molecule has 6 heteroatoms. The fraction of sp³-hybridized carbons (Fsp3) is 0.286. The first-order valence-electron chi connectivity index (χ1n) is 8.91. The molecule has 1 N–H and O–H groups in total. The number of nitrogens with zero attached hydrogens (tertiary/aromatic N) is 1. The predicted molar refractivity (Wildman–Crippen MR) is 103 cm³/mol. The van der Waals surface area contributed by atoms with Crippen LogP contribution in [-0.4, -0.2) is 31.4 Å². The Bertz CT molecular complexity index is 861. The standard InChI is InChI=1S/C21H22N2O4/c1-3-14-8-10-16(11-9-14)23-13-15(12-19(23)24)20(25)22-18-7-5-4-6-17(18)21(26)27-2/h4-11,15H,3,12-13H2,1-2H3,(H,22,25)/t15-/m0/s1. The predicted octanol–water partition coefficient (Wildman–Crippen LogP) is 3.03. The van der Waals surface area contributed by atoms with Gasteiger partial charge in [-0.05, 0) is 36.2 Å². The van der Waals surface area contributed by atoms with E-state index in [1.807, 2.05) is 24.3 Å². The number of hydrogen-bond donors (Lipinski definition) is 1. The summed E-state index contributed by atoms with van der Waals surface area (Å²) in [4.78, 5) is 38.5. The minimum Gasteiger partial charge on any atom is -0.465 e. The fourth-order valence-electron chi connectivity index (χ4n) is 3.16. The summed E-state index contributed by atoms with van der Waals surface area (Å²) in [5, 5.41) is 2.76. The number of carbonyl (C=O) groups is 3. The Morgan fingerprint density at radius 3 is 2.52 bits per heavy atom. The molecule has 0 unspecified atom stereocenters. The lowest BCUT2D eigenvalue weighted by molar-refractivity contribution is -0.122. The molecule has 3 rings (SSSR count). The summed E-state index contributed by atoms with van der Waals surface area (Å²) < 4.78 is 4.74. The van der Waals surface area contributed by atoms with Crippen molar-refractivity contribution in [1.82, 2.24) is 0 Å². The van der Waals surface area contributed by atoms with Crippen molar-refractivity contribution in [2.75, 3.05) is 23.9 Å². The highest BCUT2D eigenvalue weighted by Crippen LogP contribution is 2.27. The molecule has 0 spiro atoms. The van der Waals surface area contributed by atoms with Gasteiger partial charge in [0.15, 0.2) is 0 Å². The molecular formula is C21H22N2O4. The number of amides is 2. The maximum absolute atomic E-state index is 12.7. The summed E-state index contributed by atoms with van der Waals surface area (Å²) >= 11 is 0. The number of esters is 1. The Labute approximate surface area is 158 Å². The number of nitrogens with one attached hydrogen (secondary N) is 1. The highest BCUT2D eigenvalue weighted by molar-refractivity contribution is 6.06. The van der Waals surface area contributed by atoms with E-state index < -0.39 is 11.9 Å². The molecule has 1 aliphatic rings. The van der Waals surface area contributed by atoms with E-state index in [9.17, 15) is 14.4 Å². The van der Waals surface area contributed by atoms with Crippen LogP contribution in [0.3, 0.4) is 0 Å². The molecule has 0 bridgehead atoms. The summed E-state index contributed by atoms with van der Waals surface area (Å²) in [6.45, 7) is 2.39. The molecule has 27 heavy (non-hydrogen) atoms. The number of benzene rings is 2. The third kappa shape index (κ3) is 4.00. The second kappa shape index (κ2) is 8.03. The van der Waals surface area contributed by atoms with E-state index in [-0.39, 0.29) is 23.8 Å². The molecule has 1 fully saturated rings. The van der Waals surface area contributed by atoms with E-state index in [0.29, 0.717) is 12.2 Å². The lowest BCUT2D eigenvalue weighted by atomic mass is 10.1. The van der Waals surface area contributed by atoms with Gasteiger partial charge < -0.3 is 15.0 Å². The molecule has 1 saturated heterocycles. The molecule has 0 radical (unpaired) electrons. The van der Waals surface area contributed by atoms with Gasteiger partial charge in [0, 0.05) is 18.7 Å².